The molecule has 0 spiro atoms. The molecule has 0 radical (unpaired) electrons. The quantitative estimate of drug-likeness (QED) is 0.556. The van der Waals surface area contributed by atoms with E-state index in [9.17, 15) is 28.0 Å². The van der Waals surface area contributed by atoms with E-state index in [1.807, 2.05) is 0 Å². The Morgan fingerprint density at radius 3 is 2.43 bits per heavy atom. The second kappa shape index (κ2) is 8.68. The second-order valence-electron chi connectivity index (χ2n) is 6.48. The number of hydrogen-bond acceptors (Lipinski definition) is 4. The van der Waals surface area contributed by atoms with E-state index in [0.717, 1.165) is 16.8 Å². The van der Waals surface area contributed by atoms with Gasteiger partial charge in [-0.25, -0.2) is 13.5 Å². The van der Waals surface area contributed by atoms with Gasteiger partial charge in [0.1, 0.15) is 6.04 Å². The molecule has 0 aliphatic rings. The van der Waals surface area contributed by atoms with Gasteiger partial charge in [-0.15, -0.1) is 0 Å². The summed E-state index contributed by atoms with van der Waals surface area (Å²) in [6.45, 7) is -0.150. The molecule has 10 heteroatoms. The third-order valence-electron chi connectivity index (χ3n) is 4.54. The number of H-pyrrole nitrogens is 1. The van der Waals surface area contributed by atoms with Crippen LogP contribution in [0.3, 0.4) is 0 Å². The standard InChI is InChI=1S/C20H18F2N4O4/c1-23-19(29)17(11-6-7-14(21)15(22)10-11)24-16(27)8-9-26-20(30)13-5-3-2-4-12(13)18(28)25-26/h2-7,10,17H,8-9H2,1H3,(H,23,29)(H,24,27)(H,25,28). The summed E-state index contributed by atoms with van der Waals surface area (Å²) in [6, 6.07) is 7.88. The van der Waals surface area contributed by atoms with E-state index >= 15 is 0 Å². The fourth-order valence-electron chi connectivity index (χ4n) is 2.99. The van der Waals surface area contributed by atoms with Crippen molar-refractivity contribution in [1.29, 1.82) is 0 Å². The molecule has 1 unspecified atom stereocenters. The minimum atomic E-state index is -1.26. The predicted octanol–water partition coefficient (Wildman–Crippen LogP) is 0.962. The van der Waals surface area contributed by atoms with Gasteiger partial charge < -0.3 is 10.6 Å². The molecule has 8 nitrogen and oxygen atoms in total. The number of hydrogen-bond donors (Lipinski definition) is 3. The van der Waals surface area contributed by atoms with Crippen LogP contribution in [0.25, 0.3) is 10.8 Å². The number of amides is 2. The van der Waals surface area contributed by atoms with Gasteiger partial charge in [-0.3, -0.25) is 24.3 Å². The first kappa shape index (κ1) is 20.9. The highest BCUT2D eigenvalue weighted by Gasteiger charge is 2.23. The molecular weight excluding hydrogens is 398 g/mol. The van der Waals surface area contributed by atoms with E-state index in [2.05, 4.69) is 15.7 Å². The fourth-order valence-corrected chi connectivity index (χ4v) is 2.99. The lowest BCUT2D eigenvalue weighted by atomic mass is 10.1. The summed E-state index contributed by atoms with van der Waals surface area (Å²) in [5.74, 6) is -3.50. The Morgan fingerprint density at radius 1 is 1.07 bits per heavy atom. The van der Waals surface area contributed by atoms with Gasteiger partial charge in [0.2, 0.25) is 11.8 Å². The van der Waals surface area contributed by atoms with Crippen LogP contribution in [0, 0.1) is 11.6 Å². The van der Waals surface area contributed by atoms with Crippen molar-refractivity contribution in [3.05, 3.63) is 80.4 Å². The topological polar surface area (TPSA) is 113 Å². The minimum absolute atomic E-state index is 0.0536. The minimum Gasteiger partial charge on any atom is -0.357 e. The zero-order valence-corrected chi connectivity index (χ0v) is 15.9. The number of halogens is 2. The van der Waals surface area contributed by atoms with Crippen LogP contribution >= 0.6 is 0 Å². The Labute approximate surface area is 168 Å². The molecule has 0 saturated carbocycles. The zero-order valence-electron chi connectivity index (χ0n) is 15.9. The van der Waals surface area contributed by atoms with Crippen LogP contribution in [-0.4, -0.2) is 28.6 Å². The number of carbonyl (C=O) groups is 2. The zero-order chi connectivity index (χ0) is 21.8. The maximum absolute atomic E-state index is 13.5. The Morgan fingerprint density at radius 2 is 1.77 bits per heavy atom. The number of rotatable bonds is 6. The van der Waals surface area contributed by atoms with Crippen molar-refractivity contribution in [2.75, 3.05) is 7.05 Å². The monoisotopic (exact) mass is 416 g/mol. The SMILES string of the molecule is CNC(=O)C(NC(=O)CCn1[nH]c(=O)c2ccccc2c1=O)c1ccc(F)c(F)c1. The number of carbonyl (C=O) groups excluding carboxylic acids is 2. The van der Waals surface area contributed by atoms with Crippen LogP contribution in [0.4, 0.5) is 8.78 Å². The summed E-state index contributed by atoms with van der Waals surface area (Å²) in [6.07, 6.45) is -0.245. The molecule has 156 valence electrons. The van der Waals surface area contributed by atoms with E-state index < -0.39 is 40.6 Å². The van der Waals surface area contributed by atoms with E-state index in [1.54, 1.807) is 12.1 Å². The normalized spacial score (nSPS) is 11.8. The van der Waals surface area contributed by atoms with E-state index in [0.29, 0.717) is 0 Å². The lowest BCUT2D eigenvalue weighted by Gasteiger charge is -2.18. The van der Waals surface area contributed by atoms with Crippen LogP contribution < -0.4 is 21.8 Å². The van der Waals surface area contributed by atoms with Crippen molar-refractivity contribution < 1.29 is 18.4 Å². The van der Waals surface area contributed by atoms with Gasteiger partial charge in [0.05, 0.1) is 17.3 Å². The average Bonchev–Trinajstić information content (AvgIpc) is 2.75. The lowest BCUT2D eigenvalue weighted by molar-refractivity contribution is -0.129. The van der Waals surface area contributed by atoms with Crippen LogP contribution in [0.2, 0.25) is 0 Å². The van der Waals surface area contributed by atoms with Crippen LogP contribution in [0.1, 0.15) is 18.0 Å². The smallest absolute Gasteiger partial charge is 0.273 e. The first-order chi connectivity index (χ1) is 14.3. The highest BCUT2D eigenvalue weighted by atomic mass is 19.2. The molecule has 30 heavy (non-hydrogen) atoms. The molecule has 1 aromatic heterocycles. The molecular formula is C20H18F2N4O4. The Bertz CT molecular complexity index is 1240. The first-order valence-corrected chi connectivity index (χ1v) is 8.99. The molecule has 3 aromatic rings. The van der Waals surface area contributed by atoms with Crippen LogP contribution in [0.15, 0.2) is 52.1 Å². The number of nitrogens with one attached hydrogen (secondary N) is 3. The molecule has 0 bridgehead atoms. The van der Waals surface area contributed by atoms with Crippen molar-refractivity contribution in [3.8, 4) is 0 Å². The van der Waals surface area contributed by atoms with Crippen molar-refractivity contribution in [2.45, 2.75) is 19.0 Å². The van der Waals surface area contributed by atoms with Gasteiger partial charge in [0, 0.05) is 13.5 Å². The summed E-state index contributed by atoms with van der Waals surface area (Å²) >= 11 is 0. The highest BCUT2D eigenvalue weighted by molar-refractivity contribution is 5.88. The lowest BCUT2D eigenvalue weighted by Crippen LogP contribution is -2.40. The van der Waals surface area contributed by atoms with Crippen molar-refractivity contribution in [2.24, 2.45) is 0 Å². The second-order valence-corrected chi connectivity index (χ2v) is 6.48. The summed E-state index contributed by atoms with van der Waals surface area (Å²) in [7, 11) is 1.33. The molecule has 3 rings (SSSR count). The molecule has 1 heterocycles. The Balaban J connectivity index is 1.78. The Kier molecular flexibility index (Phi) is 6.05. The number of likely N-dealkylation sites (N-methyl/N-ethyl adjacent to an activating group) is 1. The van der Waals surface area contributed by atoms with Crippen molar-refractivity contribution in [3.63, 3.8) is 0 Å². The van der Waals surface area contributed by atoms with Crippen molar-refractivity contribution in [1.82, 2.24) is 20.4 Å². The molecule has 0 saturated heterocycles. The average molecular weight is 416 g/mol. The van der Waals surface area contributed by atoms with Gasteiger partial charge >= 0.3 is 0 Å². The summed E-state index contributed by atoms with van der Waals surface area (Å²) in [5.41, 5.74) is -0.894. The van der Waals surface area contributed by atoms with Gasteiger partial charge in [-0.1, -0.05) is 18.2 Å². The van der Waals surface area contributed by atoms with Gasteiger partial charge in [0.15, 0.2) is 11.6 Å². The van der Waals surface area contributed by atoms with Gasteiger partial charge in [0.25, 0.3) is 11.1 Å². The molecule has 2 aromatic carbocycles. The summed E-state index contributed by atoms with van der Waals surface area (Å²) in [5, 5.41) is 7.62. The number of aryl methyl sites for hydroxylation is 1. The number of aromatic amines is 1. The van der Waals surface area contributed by atoms with Gasteiger partial charge in [-0.05, 0) is 29.8 Å². The van der Waals surface area contributed by atoms with E-state index in [-0.39, 0.29) is 29.3 Å². The highest BCUT2D eigenvalue weighted by Crippen LogP contribution is 2.17. The van der Waals surface area contributed by atoms with Gasteiger partial charge in [-0.2, -0.15) is 0 Å². The molecule has 0 fully saturated rings. The van der Waals surface area contributed by atoms with E-state index in [4.69, 9.17) is 0 Å². The maximum Gasteiger partial charge on any atom is 0.273 e. The first-order valence-electron chi connectivity index (χ1n) is 8.99. The largest absolute Gasteiger partial charge is 0.357 e. The summed E-state index contributed by atoms with van der Waals surface area (Å²) in [4.78, 5) is 49.1. The van der Waals surface area contributed by atoms with Crippen LogP contribution in [0.5, 0.6) is 0 Å². The van der Waals surface area contributed by atoms with Crippen molar-refractivity contribution >= 4 is 22.6 Å². The predicted molar refractivity (Wildman–Crippen MR) is 105 cm³/mol. The number of nitrogens with zero attached hydrogens (tertiary/aromatic N) is 1. The molecule has 1 atom stereocenters. The molecule has 3 N–H and O–H groups in total. The molecule has 0 aliphatic carbocycles. The Hall–Kier alpha value is -3.82. The number of fused-ring (bicyclic) bond motifs is 1. The third kappa shape index (κ3) is 4.27. The fraction of sp³-hybridized carbons (Fsp3) is 0.200. The summed E-state index contributed by atoms with van der Waals surface area (Å²) < 4.78 is 27.7. The molecule has 0 aliphatic heterocycles. The number of benzene rings is 2. The van der Waals surface area contributed by atoms with Crippen LogP contribution in [-0.2, 0) is 16.1 Å². The van der Waals surface area contributed by atoms with E-state index in [1.165, 1.54) is 25.2 Å². The third-order valence-corrected chi connectivity index (χ3v) is 4.54. The molecule has 2 amide bonds. The number of aromatic nitrogens is 2. The maximum atomic E-state index is 13.5.